The molecule has 1 atom stereocenters. The van der Waals surface area contributed by atoms with E-state index in [-0.39, 0.29) is 28.9 Å². The summed E-state index contributed by atoms with van der Waals surface area (Å²) in [5, 5.41) is 3.72. The Labute approximate surface area is 186 Å². The highest BCUT2D eigenvalue weighted by Gasteiger charge is 2.37. The number of carbonyl (C=O) groups excluding carboxylic acids is 3. The monoisotopic (exact) mass is 474 g/mol. The van der Waals surface area contributed by atoms with Gasteiger partial charge in [-0.05, 0) is 30.3 Å². The highest BCUT2D eigenvalue weighted by molar-refractivity contribution is 6.44. The minimum Gasteiger partial charge on any atom is -0.455 e. The van der Waals surface area contributed by atoms with Crippen molar-refractivity contribution in [3.8, 4) is 0 Å². The summed E-state index contributed by atoms with van der Waals surface area (Å²) >= 11 is 23.8. The van der Waals surface area contributed by atoms with Crippen molar-refractivity contribution in [1.82, 2.24) is 0 Å². The molecule has 0 bridgehead atoms. The van der Waals surface area contributed by atoms with Crippen LogP contribution in [0.4, 0.5) is 11.4 Å². The maximum Gasteiger partial charge on any atom is 0.311 e. The Bertz CT molecular complexity index is 983. The average Bonchev–Trinajstić information content (AvgIpc) is 3.06. The lowest BCUT2D eigenvalue weighted by atomic mass is 10.1. The minimum atomic E-state index is -0.713. The fourth-order valence-electron chi connectivity index (χ4n) is 2.82. The molecule has 0 radical (unpaired) electrons. The van der Waals surface area contributed by atoms with Crippen molar-refractivity contribution in [3.63, 3.8) is 0 Å². The normalized spacial score (nSPS) is 16.1. The second-order valence-electron chi connectivity index (χ2n) is 6.26. The number of amides is 2. The van der Waals surface area contributed by atoms with Crippen LogP contribution in [0.15, 0.2) is 36.4 Å². The van der Waals surface area contributed by atoms with Crippen LogP contribution >= 0.6 is 46.4 Å². The molecule has 0 unspecified atom stereocenters. The van der Waals surface area contributed by atoms with Crippen LogP contribution in [0.1, 0.15) is 6.42 Å². The van der Waals surface area contributed by atoms with E-state index in [4.69, 9.17) is 51.1 Å². The molecule has 2 aromatic rings. The Morgan fingerprint density at radius 1 is 1.07 bits per heavy atom. The van der Waals surface area contributed by atoms with E-state index in [1.165, 1.54) is 17.0 Å². The van der Waals surface area contributed by atoms with E-state index in [2.05, 4.69) is 5.32 Å². The number of nitrogens with zero attached hydrogens (tertiary/aromatic N) is 1. The van der Waals surface area contributed by atoms with Gasteiger partial charge in [-0.25, -0.2) is 0 Å². The van der Waals surface area contributed by atoms with Crippen molar-refractivity contribution in [1.29, 1.82) is 0 Å². The first kappa shape index (κ1) is 21.7. The van der Waals surface area contributed by atoms with Gasteiger partial charge in [0.2, 0.25) is 5.91 Å². The zero-order chi connectivity index (χ0) is 21.1. The first-order valence-electron chi connectivity index (χ1n) is 8.42. The molecule has 152 valence electrons. The third-order valence-electron chi connectivity index (χ3n) is 4.23. The number of nitrogens with one attached hydrogen (secondary N) is 1. The maximum absolute atomic E-state index is 12.3. The number of benzene rings is 2. The van der Waals surface area contributed by atoms with Crippen LogP contribution in [0.3, 0.4) is 0 Å². The summed E-state index contributed by atoms with van der Waals surface area (Å²) in [6.45, 7) is -0.409. The van der Waals surface area contributed by atoms with Gasteiger partial charge in [-0.15, -0.1) is 0 Å². The van der Waals surface area contributed by atoms with Gasteiger partial charge in [-0.3, -0.25) is 14.4 Å². The predicted octanol–water partition coefficient (Wildman–Crippen LogP) is 4.84. The molecule has 0 saturated carbocycles. The Morgan fingerprint density at radius 3 is 2.55 bits per heavy atom. The Morgan fingerprint density at radius 2 is 1.83 bits per heavy atom. The van der Waals surface area contributed by atoms with Crippen molar-refractivity contribution in [2.24, 2.45) is 5.92 Å². The topological polar surface area (TPSA) is 75.7 Å². The Kier molecular flexibility index (Phi) is 6.90. The van der Waals surface area contributed by atoms with Crippen LogP contribution in [0, 0.1) is 5.92 Å². The summed E-state index contributed by atoms with van der Waals surface area (Å²) < 4.78 is 5.05. The number of ether oxygens (including phenoxy) is 1. The van der Waals surface area contributed by atoms with Crippen molar-refractivity contribution < 1.29 is 19.1 Å². The molecule has 29 heavy (non-hydrogen) atoms. The third-order valence-corrected chi connectivity index (χ3v) is 5.78. The molecule has 6 nitrogen and oxygen atoms in total. The number of anilines is 2. The number of esters is 1. The molecule has 0 aromatic heterocycles. The van der Waals surface area contributed by atoms with Gasteiger partial charge in [0.25, 0.3) is 5.91 Å². The van der Waals surface area contributed by atoms with Crippen LogP contribution in [0.5, 0.6) is 0 Å². The van der Waals surface area contributed by atoms with Gasteiger partial charge in [0.15, 0.2) is 6.61 Å². The number of halogens is 4. The van der Waals surface area contributed by atoms with E-state index in [1.807, 2.05) is 0 Å². The lowest BCUT2D eigenvalue weighted by Crippen LogP contribution is -2.28. The fraction of sp³-hybridized carbons (Fsp3) is 0.211. The molecule has 3 rings (SSSR count). The molecule has 10 heteroatoms. The minimum absolute atomic E-state index is 0.0455. The molecule has 1 heterocycles. The number of hydrogen-bond donors (Lipinski definition) is 1. The van der Waals surface area contributed by atoms with Crippen LogP contribution in [-0.2, 0) is 19.1 Å². The smallest absolute Gasteiger partial charge is 0.311 e. The summed E-state index contributed by atoms with van der Waals surface area (Å²) in [5.74, 6) is -2.19. The van der Waals surface area contributed by atoms with Crippen LogP contribution in [0.2, 0.25) is 20.1 Å². The molecule has 1 aliphatic rings. The number of rotatable bonds is 5. The van der Waals surface area contributed by atoms with Gasteiger partial charge in [0.05, 0.1) is 31.7 Å². The predicted molar refractivity (Wildman–Crippen MR) is 113 cm³/mol. The lowest BCUT2D eigenvalue weighted by Gasteiger charge is -2.18. The average molecular weight is 476 g/mol. The quantitative estimate of drug-likeness (QED) is 0.628. The molecule has 0 spiro atoms. The Balaban J connectivity index is 1.56. The molecule has 2 amide bonds. The van der Waals surface area contributed by atoms with E-state index in [1.54, 1.807) is 24.3 Å². The van der Waals surface area contributed by atoms with E-state index in [9.17, 15) is 14.4 Å². The zero-order valence-corrected chi connectivity index (χ0v) is 17.8. The van der Waals surface area contributed by atoms with Crippen LogP contribution < -0.4 is 10.2 Å². The second-order valence-corrected chi connectivity index (χ2v) is 7.86. The molecule has 0 aliphatic carbocycles. The first-order chi connectivity index (χ1) is 13.8. The lowest BCUT2D eigenvalue weighted by molar-refractivity contribution is -0.151. The van der Waals surface area contributed by atoms with Gasteiger partial charge in [0.1, 0.15) is 0 Å². The highest BCUT2D eigenvalue weighted by Crippen LogP contribution is 2.35. The van der Waals surface area contributed by atoms with Crippen molar-refractivity contribution in [2.45, 2.75) is 6.42 Å². The zero-order valence-electron chi connectivity index (χ0n) is 14.8. The number of hydrogen-bond acceptors (Lipinski definition) is 4. The van der Waals surface area contributed by atoms with E-state index in [0.717, 1.165) is 0 Å². The first-order valence-corrected chi connectivity index (χ1v) is 9.93. The summed E-state index contributed by atoms with van der Waals surface area (Å²) in [7, 11) is 0. The SMILES string of the molecule is O=C(COC(=O)[C@@H]1CC(=O)N(c2cccc(Cl)c2Cl)C1)Nc1ccc(Cl)c(Cl)c1. The van der Waals surface area contributed by atoms with Crippen LogP contribution in [0.25, 0.3) is 0 Å². The number of carbonyl (C=O) groups is 3. The molecule has 1 aliphatic heterocycles. The summed E-state index contributed by atoms with van der Waals surface area (Å²) in [6.07, 6.45) is -0.0455. The summed E-state index contributed by atoms with van der Waals surface area (Å²) in [6, 6.07) is 9.49. The van der Waals surface area contributed by atoms with E-state index >= 15 is 0 Å². The standard InChI is InChI=1S/C19H14Cl4N2O4/c20-12-5-4-11(7-14(12)22)24-16(26)9-29-19(28)10-6-17(27)25(8-10)15-3-1-2-13(21)18(15)23/h1-5,7,10H,6,8-9H2,(H,24,26)/t10-/m1/s1. The van der Waals surface area contributed by atoms with Crippen LogP contribution in [-0.4, -0.2) is 30.9 Å². The molecule has 1 fully saturated rings. The molecule has 1 N–H and O–H groups in total. The summed E-state index contributed by atoms with van der Waals surface area (Å²) in [4.78, 5) is 38.0. The largest absolute Gasteiger partial charge is 0.455 e. The van der Waals surface area contributed by atoms with Gasteiger partial charge in [-0.2, -0.15) is 0 Å². The maximum atomic E-state index is 12.3. The van der Waals surface area contributed by atoms with Crippen molar-refractivity contribution >= 4 is 75.6 Å². The third kappa shape index (κ3) is 5.14. The molecule has 2 aromatic carbocycles. The van der Waals surface area contributed by atoms with Gasteiger partial charge in [0, 0.05) is 18.7 Å². The fourth-order valence-corrected chi connectivity index (χ4v) is 3.52. The summed E-state index contributed by atoms with van der Waals surface area (Å²) in [5.41, 5.74) is 0.843. The van der Waals surface area contributed by atoms with E-state index < -0.39 is 24.4 Å². The second kappa shape index (κ2) is 9.22. The van der Waals surface area contributed by atoms with Crippen molar-refractivity contribution in [2.75, 3.05) is 23.4 Å². The van der Waals surface area contributed by atoms with Crippen molar-refractivity contribution in [3.05, 3.63) is 56.5 Å². The molecular weight excluding hydrogens is 462 g/mol. The Hall–Kier alpha value is -1.99. The molecular formula is C19H14Cl4N2O4. The van der Waals surface area contributed by atoms with Gasteiger partial charge < -0.3 is 15.0 Å². The van der Waals surface area contributed by atoms with Gasteiger partial charge >= 0.3 is 5.97 Å². The highest BCUT2D eigenvalue weighted by atomic mass is 35.5. The van der Waals surface area contributed by atoms with Gasteiger partial charge in [-0.1, -0.05) is 52.5 Å². The van der Waals surface area contributed by atoms with E-state index in [0.29, 0.717) is 21.4 Å². The molecule has 1 saturated heterocycles.